The number of nitrogens with zero attached hydrogens (tertiary/aromatic N) is 3. The third-order valence-corrected chi connectivity index (χ3v) is 3.35. The second-order valence-electron chi connectivity index (χ2n) is 3.33. The molecule has 0 radical (unpaired) electrons. The molecule has 0 amide bonds. The lowest BCUT2D eigenvalue weighted by molar-refractivity contribution is 0.370. The third-order valence-electron chi connectivity index (χ3n) is 2.27. The fraction of sp³-hybridized carbons (Fsp3) is 0.444. The highest BCUT2D eigenvalue weighted by Crippen LogP contribution is 2.22. The molecule has 1 aliphatic heterocycles. The van der Waals surface area contributed by atoms with Gasteiger partial charge in [0.15, 0.2) is 16.9 Å². The number of amidine groups is 1. The van der Waals surface area contributed by atoms with Gasteiger partial charge in [-0.15, -0.1) is 0 Å². The normalized spacial score (nSPS) is 19.0. The summed E-state index contributed by atoms with van der Waals surface area (Å²) in [6.07, 6.45) is 0. The molecule has 2 heterocycles. The summed E-state index contributed by atoms with van der Waals surface area (Å²) in [6, 6.07) is 2.89. The number of thioether (sulfide) groups is 1. The van der Waals surface area contributed by atoms with Crippen LogP contribution < -0.4 is 0 Å². The van der Waals surface area contributed by atoms with Gasteiger partial charge in [-0.3, -0.25) is 4.57 Å². The van der Waals surface area contributed by atoms with Crippen LogP contribution in [0, 0.1) is 0 Å². The van der Waals surface area contributed by atoms with Crippen LogP contribution in [0.1, 0.15) is 0 Å². The van der Waals surface area contributed by atoms with Crippen LogP contribution in [0.5, 0.6) is 11.8 Å². The van der Waals surface area contributed by atoms with E-state index < -0.39 is 0 Å². The number of hydrogen-bond donors (Lipinski definition) is 2. The number of rotatable bonds is 2. The summed E-state index contributed by atoms with van der Waals surface area (Å²) >= 11 is 1.68. The summed E-state index contributed by atoms with van der Waals surface area (Å²) in [5.41, 5.74) is 0. The Bertz CT molecular complexity index is 369. The van der Waals surface area contributed by atoms with Crippen molar-refractivity contribution in [2.45, 2.75) is 6.67 Å². The maximum atomic E-state index is 9.38. The first-order chi connectivity index (χ1) is 7.18. The van der Waals surface area contributed by atoms with Crippen LogP contribution in [-0.2, 0) is 6.67 Å². The van der Waals surface area contributed by atoms with E-state index in [1.54, 1.807) is 11.8 Å². The van der Waals surface area contributed by atoms with Crippen molar-refractivity contribution in [2.24, 2.45) is 4.99 Å². The molecule has 0 atom stereocenters. The minimum absolute atomic E-state index is 0.0301. The van der Waals surface area contributed by atoms with Crippen molar-refractivity contribution in [3.8, 4) is 11.8 Å². The van der Waals surface area contributed by atoms with Crippen LogP contribution in [0.2, 0.25) is 0 Å². The lowest BCUT2D eigenvalue weighted by Gasteiger charge is -2.10. The number of aromatic nitrogens is 1. The topological polar surface area (TPSA) is 61.0 Å². The Morgan fingerprint density at radius 3 is 2.60 bits per heavy atom. The maximum Gasteiger partial charge on any atom is 0.195 e. The highest BCUT2D eigenvalue weighted by atomic mass is 32.2. The van der Waals surface area contributed by atoms with Gasteiger partial charge in [-0.05, 0) is 0 Å². The van der Waals surface area contributed by atoms with Crippen LogP contribution in [-0.4, -0.2) is 44.2 Å². The van der Waals surface area contributed by atoms with Gasteiger partial charge in [0.25, 0.3) is 0 Å². The van der Waals surface area contributed by atoms with E-state index in [1.807, 2.05) is 7.05 Å². The molecule has 1 aliphatic rings. The third kappa shape index (κ3) is 2.04. The summed E-state index contributed by atoms with van der Waals surface area (Å²) in [7, 11) is 1.98. The van der Waals surface area contributed by atoms with Gasteiger partial charge in [-0.1, -0.05) is 11.8 Å². The Hall–Kier alpha value is -1.30. The molecule has 15 heavy (non-hydrogen) atoms. The summed E-state index contributed by atoms with van der Waals surface area (Å²) in [4.78, 5) is 6.37. The Morgan fingerprint density at radius 1 is 1.40 bits per heavy atom. The number of aliphatic imine (C=N–C) groups is 1. The lowest BCUT2D eigenvalue weighted by atomic mass is 10.6. The first kappa shape index (κ1) is 10.2. The van der Waals surface area contributed by atoms with E-state index >= 15 is 0 Å². The van der Waals surface area contributed by atoms with Gasteiger partial charge >= 0.3 is 0 Å². The molecule has 82 valence electrons. The van der Waals surface area contributed by atoms with E-state index in [4.69, 9.17) is 0 Å². The van der Waals surface area contributed by atoms with Gasteiger partial charge in [-0.25, -0.2) is 4.99 Å². The smallest absolute Gasteiger partial charge is 0.195 e. The zero-order valence-corrected chi connectivity index (χ0v) is 9.24. The van der Waals surface area contributed by atoms with Gasteiger partial charge in [-0.2, -0.15) is 0 Å². The van der Waals surface area contributed by atoms with Crippen LogP contribution in [0.4, 0.5) is 0 Å². The van der Waals surface area contributed by atoms with Gasteiger partial charge in [0, 0.05) is 31.5 Å². The molecule has 2 rings (SSSR count). The second kappa shape index (κ2) is 4.06. The summed E-state index contributed by atoms with van der Waals surface area (Å²) in [5, 5.41) is 19.7. The average Bonchev–Trinajstić information content (AvgIpc) is 2.73. The Kier molecular flexibility index (Phi) is 2.77. The minimum atomic E-state index is 0.0301. The Balaban J connectivity index is 2.10. The zero-order chi connectivity index (χ0) is 10.8. The van der Waals surface area contributed by atoms with E-state index in [-0.39, 0.29) is 18.4 Å². The minimum Gasteiger partial charge on any atom is -0.494 e. The van der Waals surface area contributed by atoms with Crippen molar-refractivity contribution >= 4 is 16.9 Å². The van der Waals surface area contributed by atoms with Crippen molar-refractivity contribution in [1.82, 2.24) is 9.47 Å². The van der Waals surface area contributed by atoms with Gasteiger partial charge in [0.2, 0.25) is 0 Å². The number of hydrogen-bond acceptors (Lipinski definition) is 4. The van der Waals surface area contributed by atoms with Gasteiger partial charge in [0.1, 0.15) is 6.67 Å². The van der Waals surface area contributed by atoms with E-state index in [9.17, 15) is 10.2 Å². The molecule has 5 nitrogen and oxygen atoms in total. The summed E-state index contributed by atoms with van der Waals surface area (Å²) in [6.45, 7) is 1.24. The average molecular weight is 227 g/mol. The van der Waals surface area contributed by atoms with E-state index in [1.165, 1.54) is 16.7 Å². The SMILES string of the molecule is CN1CCSC1=NCn1c(O)ccc1O. The fourth-order valence-corrected chi connectivity index (χ4v) is 2.38. The summed E-state index contributed by atoms with van der Waals surface area (Å²) < 4.78 is 1.35. The van der Waals surface area contributed by atoms with Crippen LogP contribution in [0.15, 0.2) is 17.1 Å². The first-order valence-electron chi connectivity index (χ1n) is 4.64. The predicted molar refractivity (Wildman–Crippen MR) is 60.3 cm³/mol. The molecule has 0 spiro atoms. The molecule has 1 saturated heterocycles. The Morgan fingerprint density at radius 2 is 2.07 bits per heavy atom. The monoisotopic (exact) mass is 227 g/mol. The van der Waals surface area contributed by atoms with Crippen molar-refractivity contribution < 1.29 is 10.2 Å². The first-order valence-corrected chi connectivity index (χ1v) is 5.63. The van der Waals surface area contributed by atoms with Gasteiger partial charge in [0.05, 0.1) is 0 Å². The van der Waals surface area contributed by atoms with Crippen molar-refractivity contribution in [1.29, 1.82) is 0 Å². The quantitative estimate of drug-likeness (QED) is 0.787. The standard InChI is InChI=1S/C9H13N3O2S/c1-11-4-5-15-9(11)10-6-12-7(13)2-3-8(12)14/h2-3,13-14H,4-6H2,1H3. The summed E-state index contributed by atoms with van der Waals surface area (Å²) in [5.74, 6) is 1.10. The molecule has 0 aliphatic carbocycles. The van der Waals surface area contributed by atoms with Crippen molar-refractivity contribution in [3.63, 3.8) is 0 Å². The predicted octanol–water partition coefficient (Wildman–Crippen LogP) is 0.891. The Labute approximate surface area is 92.0 Å². The van der Waals surface area contributed by atoms with E-state index in [0.717, 1.165) is 17.5 Å². The van der Waals surface area contributed by atoms with E-state index in [0.29, 0.717) is 0 Å². The van der Waals surface area contributed by atoms with Crippen LogP contribution in [0.3, 0.4) is 0 Å². The lowest BCUT2D eigenvalue weighted by Crippen LogP contribution is -2.18. The molecule has 1 aromatic heterocycles. The van der Waals surface area contributed by atoms with Gasteiger partial charge < -0.3 is 15.1 Å². The maximum absolute atomic E-state index is 9.38. The molecule has 0 unspecified atom stereocenters. The molecule has 6 heteroatoms. The van der Waals surface area contributed by atoms with Crippen molar-refractivity contribution in [2.75, 3.05) is 19.3 Å². The molecule has 0 saturated carbocycles. The van der Waals surface area contributed by atoms with E-state index in [2.05, 4.69) is 9.89 Å². The molecule has 0 aromatic carbocycles. The molecular formula is C9H13N3O2S. The van der Waals surface area contributed by atoms with Crippen LogP contribution in [0.25, 0.3) is 0 Å². The van der Waals surface area contributed by atoms with Crippen molar-refractivity contribution in [3.05, 3.63) is 12.1 Å². The highest BCUT2D eigenvalue weighted by Gasteiger charge is 2.14. The highest BCUT2D eigenvalue weighted by molar-refractivity contribution is 8.14. The largest absolute Gasteiger partial charge is 0.494 e. The fourth-order valence-electron chi connectivity index (χ4n) is 1.37. The van der Waals surface area contributed by atoms with Crippen LogP contribution >= 0.6 is 11.8 Å². The molecular weight excluding hydrogens is 214 g/mol. The molecule has 1 aromatic rings. The second-order valence-corrected chi connectivity index (χ2v) is 4.39. The zero-order valence-electron chi connectivity index (χ0n) is 8.42. The molecule has 0 bridgehead atoms. The molecule has 1 fully saturated rings. The number of aromatic hydroxyl groups is 2. The molecule has 2 N–H and O–H groups in total.